The van der Waals surface area contributed by atoms with Crippen LogP contribution in [0.1, 0.15) is 0 Å². The van der Waals surface area contributed by atoms with E-state index in [1.54, 1.807) is 22.8 Å². The van der Waals surface area contributed by atoms with E-state index in [2.05, 4.69) is 21.3 Å². The molecular formula is C8H12N4S. The highest BCUT2D eigenvalue weighted by Gasteiger charge is 1.99. The first-order valence-electron chi connectivity index (χ1n) is 3.95. The second-order valence-electron chi connectivity index (χ2n) is 2.40. The SMILES string of the molecule is C#CCNCCSc1ncnn1C. The molecule has 1 aromatic heterocycles. The van der Waals surface area contributed by atoms with Crippen molar-refractivity contribution in [3.05, 3.63) is 6.33 Å². The van der Waals surface area contributed by atoms with Crippen molar-refractivity contribution in [1.29, 1.82) is 0 Å². The molecule has 5 heteroatoms. The van der Waals surface area contributed by atoms with E-state index in [9.17, 15) is 0 Å². The summed E-state index contributed by atoms with van der Waals surface area (Å²) in [6.07, 6.45) is 6.64. The van der Waals surface area contributed by atoms with Gasteiger partial charge in [-0.3, -0.25) is 0 Å². The number of terminal acetylenes is 1. The lowest BCUT2D eigenvalue weighted by Gasteiger charge is -2.00. The van der Waals surface area contributed by atoms with Crippen LogP contribution in [0, 0.1) is 12.3 Å². The molecule has 0 saturated carbocycles. The summed E-state index contributed by atoms with van der Waals surface area (Å²) >= 11 is 1.66. The molecule has 13 heavy (non-hydrogen) atoms. The van der Waals surface area contributed by atoms with Gasteiger partial charge in [0.15, 0.2) is 5.16 Å². The van der Waals surface area contributed by atoms with Crippen molar-refractivity contribution in [2.45, 2.75) is 5.16 Å². The summed E-state index contributed by atoms with van der Waals surface area (Å²) in [6.45, 7) is 1.51. The highest BCUT2D eigenvalue weighted by atomic mass is 32.2. The molecule has 0 unspecified atom stereocenters. The first kappa shape index (κ1) is 10.1. The minimum absolute atomic E-state index is 0.624. The Morgan fingerprint density at radius 3 is 3.23 bits per heavy atom. The third-order valence-electron chi connectivity index (χ3n) is 1.41. The first-order chi connectivity index (χ1) is 6.34. The van der Waals surface area contributed by atoms with Gasteiger partial charge in [-0.15, -0.1) is 6.42 Å². The van der Waals surface area contributed by atoms with Crippen LogP contribution in [0.3, 0.4) is 0 Å². The summed E-state index contributed by atoms with van der Waals surface area (Å²) in [5, 5.41) is 8.00. The Hall–Kier alpha value is -0.990. The third-order valence-corrected chi connectivity index (χ3v) is 2.44. The molecule has 1 rings (SSSR count). The smallest absolute Gasteiger partial charge is 0.185 e. The maximum Gasteiger partial charge on any atom is 0.185 e. The van der Waals surface area contributed by atoms with Gasteiger partial charge in [-0.2, -0.15) is 5.10 Å². The fraction of sp³-hybridized carbons (Fsp3) is 0.500. The monoisotopic (exact) mass is 196 g/mol. The third kappa shape index (κ3) is 3.49. The van der Waals surface area contributed by atoms with E-state index in [1.807, 2.05) is 7.05 Å². The molecular weight excluding hydrogens is 184 g/mol. The average Bonchev–Trinajstić information content (AvgIpc) is 2.52. The van der Waals surface area contributed by atoms with E-state index < -0.39 is 0 Å². The molecule has 0 aromatic carbocycles. The lowest BCUT2D eigenvalue weighted by atomic mass is 10.6. The minimum Gasteiger partial charge on any atom is -0.305 e. The fourth-order valence-electron chi connectivity index (χ4n) is 0.791. The standard InChI is InChI=1S/C8H12N4S/c1-3-4-9-5-6-13-8-10-7-11-12(8)2/h1,7,9H,4-6H2,2H3. The Morgan fingerprint density at radius 2 is 2.62 bits per heavy atom. The maximum absolute atomic E-state index is 5.08. The van der Waals surface area contributed by atoms with Crippen molar-refractivity contribution in [2.75, 3.05) is 18.8 Å². The van der Waals surface area contributed by atoms with Crippen LogP contribution in [0.4, 0.5) is 0 Å². The molecule has 0 bridgehead atoms. The van der Waals surface area contributed by atoms with Crippen molar-refractivity contribution in [3.63, 3.8) is 0 Å². The molecule has 0 amide bonds. The summed E-state index contributed by atoms with van der Waals surface area (Å²) in [7, 11) is 1.88. The van der Waals surface area contributed by atoms with Crippen LogP contribution in [0.25, 0.3) is 0 Å². The highest BCUT2D eigenvalue weighted by Crippen LogP contribution is 2.11. The van der Waals surface area contributed by atoms with E-state index in [0.29, 0.717) is 6.54 Å². The molecule has 0 fully saturated rings. The lowest BCUT2D eigenvalue weighted by molar-refractivity contribution is 0.684. The van der Waals surface area contributed by atoms with Gasteiger partial charge in [0.1, 0.15) is 6.33 Å². The predicted molar refractivity (Wildman–Crippen MR) is 53.4 cm³/mol. The van der Waals surface area contributed by atoms with Gasteiger partial charge < -0.3 is 5.32 Å². The largest absolute Gasteiger partial charge is 0.305 e. The number of nitrogens with zero attached hydrogens (tertiary/aromatic N) is 3. The van der Waals surface area contributed by atoms with Gasteiger partial charge >= 0.3 is 0 Å². The second-order valence-corrected chi connectivity index (χ2v) is 3.46. The van der Waals surface area contributed by atoms with E-state index >= 15 is 0 Å². The van der Waals surface area contributed by atoms with Crippen LogP contribution in [0.2, 0.25) is 0 Å². The summed E-state index contributed by atoms with van der Waals surface area (Å²) in [5.41, 5.74) is 0. The average molecular weight is 196 g/mol. The Balaban J connectivity index is 2.14. The van der Waals surface area contributed by atoms with Crippen molar-refractivity contribution in [2.24, 2.45) is 7.05 Å². The molecule has 0 radical (unpaired) electrons. The molecule has 0 saturated heterocycles. The summed E-state index contributed by atoms with van der Waals surface area (Å²) in [6, 6.07) is 0. The van der Waals surface area contributed by atoms with Crippen molar-refractivity contribution >= 4 is 11.8 Å². The van der Waals surface area contributed by atoms with Crippen LogP contribution >= 0.6 is 11.8 Å². The van der Waals surface area contributed by atoms with Gasteiger partial charge in [0, 0.05) is 19.3 Å². The topological polar surface area (TPSA) is 42.7 Å². The zero-order chi connectivity index (χ0) is 9.52. The minimum atomic E-state index is 0.624. The summed E-state index contributed by atoms with van der Waals surface area (Å²) in [5.74, 6) is 3.47. The van der Waals surface area contributed by atoms with Crippen LogP contribution in [-0.2, 0) is 7.05 Å². The summed E-state index contributed by atoms with van der Waals surface area (Å²) in [4.78, 5) is 4.08. The van der Waals surface area contributed by atoms with Crippen LogP contribution in [0.5, 0.6) is 0 Å². The molecule has 1 heterocycles. The number of nitrogens with one attached hydrogen (secondary N) is 1. The van der Waals surface area contributed by atoms with Crippen molar-refractivity contribution in [3.8, 4) is 12.3 Å². The van der Waals surface area contributed by atoms with E-state index in [0.717, 1.165) is 17.5 Å². The summed E-state index contributed by atoms with van der Waals surface area (Å²) < 4.78 is 1.76. The molecule has 0 aliphatic heterocycles. The second kappa shape index (κ2) is 5.62. The fourth-order valence-corrected chi connectivity index (χ4v) is 1.58. The molecule has 1 aromatic rings. The predicted octanol–water partition coefficient (Wildman–Crippen LogP) is 0.130. The lowest BCUT2D eigenvalue weighted by Crippen LogP contribution is -2.17. The zero-order valence-electron chi connectivity index (χ0n) is 7.53. The quantitative estimate of drug-likeness (QED) is 0.413. The van der Waals surface area contributed by atoms with E-state index in [1.165, 1.54) is 0 Å². The number of aryl methyl sites for hydroxylation is 1. The normalized spacial score (nSPS) is 9.85. The molecule has 0 spiro atoms. The van der Waals surface area contributed by atoms with Gasteiger partial charge in [0.05, 0.1) is 6.54 Å². The molecule has 4 nitrogen and oxygen atoms in total. The Kier molecular flexibility index (Phi) is 4.36. The number of aromatic nitrogens is 3. The van der Waals surface area contributed by atoms with E-state index in [-0.39, 0.29) is 0 Å². The Morgan fingerprint density at radius 1 is 1.77 bits per heavy atom. The van der Waals surface area contributed by atoms with Crippen LogP contribution in [-0.4, -0.2) is 33.6 Å². The number of rotatable bonds is 5. The van der Waals surface area contributed by atoms with Gasteiger partial charge in [-0.05, 0) is 0 Å². The highest BCUT2D eigenvalue weighted by molar-refractivity contribution is 7.99. The Labute approximate surface area is 82.1 Å². The van der Waals surface area contributed by atoms with Crippen LogP contribution in [0.15, 0.2) is 11.5 Å². The molecule has 1 N–H and O–H groups in total. The van der Waals surface area contributed by atoms with Crippen molar-refractivity contribution in [1.82, 2.24) is 20.1 Å². The maximum atomic E-state index is 5.08. The van der Waals surface area contributed by atoms with Gasteiger partial charge in [0.2, 0.25) is 0 Å². The van der Waals surface area contributed by atoms with Gasteiger partial charge in [-0.1, -0.05) is 17.7 Å². The Bertz CT molecular complexity index is 289. The van der Waals surface area contributed by atoms with E-state index in [4.69, 9.17) is 6.42 Å². The van der Waals surface area contributed by atoms with Crippen LogP contribution < -0.4 is 5.32 Å². The number of hydrogen-bond acceptors (Lipinski definition) is 4. The zero-order valence-corrected chi connectivity index (χ0v) is 8.34. The van der Waals surface area contributed by atoms with Gasteiger partial charge in [-0.25, -0.2) is 9.67 Å². The van der Waals surface area contributed by atoms with Gasteiger partial charge in [0.25, 0.3) is 0 Å². The first-order valence-corrected chi connectivity index (χ1v) is 4.94. The molecule has 0 aliphatic rings. The molecule has 0 aliphatic carbocycles. The number of hydrogen-bond donors (Lipinski definition) is 1. The molecule has 70 valence electrons. The van der Waals surface area contributed by atoms with Crippen molar-refractivity contribution < 1.29 is 0 Å². The molecule has 0 atom stereocenters. The number of thioether (sulfide) groups is 1.